The summed E-state index contributed by atoms with van der Waals surface area (Å²) in [5.74, 6) is 0.222. The van der Waals surface area contributed by atoms with E-state index in [0.29, 0.717) is 6.04 Å². The van der Waals surface area contributed by atoms with E-state index in [9.17, 15) is 4.79 Å². The van der Waals surface area contributed by atoms with E-state index in [0.717, 1.165) is 45.4 Å². The van der Waals surface area contributed by atoms with Crippen LogP contribution in [0.4, 0.5) is 0 Å². The first kappa shape index (κ1) is 19.0. The first-order valence-electron chi connectivity index (χ1n) is 7.05. The Kier molecular flexibility index (Phi) is 9.79. The van der Waals surface area contributed by atoms with Crippen molar-refractivity contribution < 1.29 is 4.79 Å². The van der Waals surface area contributed by atoms with Gasteiger partial charge < -0.3 is 15.5 Å². The summed E-state index contributed by atoms with van der Waals surface area (Å²) in [5, 5.41) is 6.51. The maximum absolute atomic E-state index is 12.0. The van der Waals surface area contributed by atoms with Gasteiger partial charge in [-0.05, 0) is 38.8 Å². The van der Waals surface area contributed by atoms with Crippen molar-refractivity contribution in [3.05, 3.63) is 0 Å². The van der Waals surface area contributed by atoms with Gasteiger partial charge in [-0.1, -0.05) is 13.3 Å². The zero-order valence-electron chi connectivity index (χ0n) is 11.7. The van der Waals surface area contributed by atoms with Crippen LogP contribution in [0.5, 0.6) is 0 Å². The van der Waals surface area contributed by atoms with Gasteiger partial charge in [-0.25, -0.2) is 0 Å². The molecule has 0 aliphatic carbocycles. The molecule has 2 saturated heterocycles. The third kappa shape index (κ3) is 5.86. The van der Waals surface area contributed by atoms with Crippen molar-refractivity contribution in [1.29, 1.82) is 0 Å². The molecule has 2 heterocycles. The van der Waals surface area contributed by atoms with Crippen LogP contribution in [0.25, 0.3) is 0 Å². The van der Waals surface area contributed by atoms with Gasteiger partial charge in [0.05, 0.1) is 6.04 Å². The normalized spacial score (nSPS) is 25.0. The molecule has 0 aromatic carbocycles. The third-order valence-electron chi connectivity index (χ3n) is 4.01. The molecular weight excluding hydrogens is 285 g/mol. The number of carbonyl (C=O) groups excluding carboxylic acids is 1. The predicted molar refractivity (Wildman–Crippen MR) is 83.4 cm³/mol. The average molecular weight is 312 g/mol. The Morgan fingerprint density at radius 1 is 1.21 bits per heavy atom. The third-order valence-corrected chi connectivity index (χ3v) is 4.01. The number of piperidine rings is 2. The molecule has 2 aliphatic rings. The summed E-state index contributed by atoms with van der Waals surface area (Å²) < 4.78 is 0. The topological polar surface area (TPSA) is 44.4 Å². The number of nitrogens with zero attached hydrogens (tertiary/aromatic N) is 1. The van der Waals surface area contributed by atoms with E-state index in [1.165, 1.54) is 12.8 Å². The Labute approximate surface area is 128 Å². The maximum atomic E-state index is 12.0. The first-order chi connectivity index (χ1) is 8.29. The Morgan fingerprint density at radius 3 is 2.42 bits per heavy atom. The minimum absolute atomic E-state index is 0. The highest BCUT2D eigenvalue weighted by Gasteiger charge is 2.24. The van der Waals surface area contributed by atoms with E-state index in [4.69, 9.17) is 0 Å². The highest BCUT2D eigenvalue weighted by atomic mass is 35.5. The molecule has 0 aromatic heterocycles. The number of rotatable bonds is 3. The van der Waals surface area contributed by atoms with Gasteiger partial charge in [-0.2, -0.15) is 0 Å². The zero-order valence-corrected chi connectivity index (χ0v) is 13.3. The molecule has 0 aromatic rings. The minimum Gasteiger partial charge on any atom is -0.352 e. The largest absolute Gasteiger partial charge is 0.352 e. The standard InChI is InChI=1S/C13H25N3O.2ClH/c1-2-16-9-6-11(7-10-16)15-13(17)12-5-3-4-8-14-12;;/h11-12,14H,2-10H2,1H3,(H,15,17);2*1H. The Balaban J connectivity index is 0.00000162. The van der Waals surface area contributed by atoms with Gasteiger partial charge in [-0.15, -0.1) is 24.8 Å². The molecule has 0 bridgehead atoms. The molecule has 0 saturated carbocycles. The lowest BCUT2D eigenvalue weighted by Gasteiger charge is -2.33. The molecule has 0 spiro atoms. The van der Waals surface area contributed by atoms with Gasteiger partial charge in [0, 0.05) is 19.1 Å². The van der Waals surface area contributed by atoms with Crippen LogP contribution in [0, 0.1) is 0 Å². The van der Waals surface area contributed by atoms with Crippen LogP contribution in [-0.4, -0.2) is 49.1 Å². The fourth-order valence-corrected chi connectivity index (χ4v) is 2.77. The molecular formula is C13H27Cl2N3O. The van der Waals surface area contributed by atoms with Crippen molar-refractivity contribution in [2.24, 2.45) is 0 Å². The molecule has 1 amide bonds. The monoisotopic (exact) mass is 311 g/mol. The lowest BCUT2D eigenvalue weighted by molar-refractivity contribution is -0.124. The number of carbonyl (C=O) groups is 1. The van der Waals surface area contributed by atoms with Gasteiger partial charge in [0.15, 0.2) is 0 Å². The minimum atomic E-state index is 0. The molecule has 19 heavy (non-hydrogen) atoms. The smallest absolute Gasteiger partial charge is 0.237 e. The number of hydrogen-bond acceptors (Lipinski definition) is 3. The van der Waals surface area contributed by atoms with Gasteiger partial charge in [0.25, 0.3) is 0 Å². The summed E-state index contributed by atoms with van der Waals surface area (Å²) in [6.07, 6.45) is 5.59. The Hall–Kier alpha value is -0.0300. The second kappa shape index (κ2) is 9.81. The number of hydrogen-bond donors (Lipinski definition) is 2. The molecule has 1 atom stereocenters. The van der Waals surface area contributed by atoms with Crippen LogP contribution in [0.2, 0.25) is 0 Å². The second-order valence-electron chi connectivity index (χ2n) is 5.22. The van der Waals surface area contributed by atoms with Crippen molar-refractivity contribution in [2.75, 3.05) is 26.2 Å². The summed E-state index contributed by atoms with van der Waals surface area (Å²) in [6.45, 7) is 6.57. The van der Waals surface area contributed by atoms with E-state index in [1.807, 2.05) is 0 Å². The van der Waals surface area contributed by atoms with Gasteiger partial charge in [0.2, 0.25) is 5.91 Å². The predicted octanol–water partition coefficient (Wildman–Crippen LogP) is 1.57. The van der Waals surface area contributed by atoms with E-state index in [1.54, 1.807) is 0 Å². The van der Waals surface area contributed by atoms with Gasteiger partial charge in [-0.3, -0.25) is 4.79 Å². The van der Waals surface area contributed by atoms with E-state index in [-0.39, 0.29) is 36.8 Å². The van der Waals surface area contributed by atoms with Gasteiger partial charge >= 0.3 is 0 Å². The van der Waals surface area contributed by atoms with Crippen LogP contribution >= 0.6 is 24.8 Å². The summed E-state index contributed by atoms with van der Waals surface area (Å²) in [4.78, 5) is 14.5. The number of halogens is 2. The lowest BCUT2D eigenvalue weighted by Crippen LogP contribution is -2.52. The fraction of sp³-hybridized carbons (Fsp3) is 0.923. The summed E-state index contributed by atoms with van der Waals surface area (Å²) in [6, 6.07) is 0.460. The number of likely N-dealkylation sites (tertiary alicyclic amines) is 1. The summed E-state index contributed by atoms with van der Waals surface area (Å²) in [5.41, 5.74) is 0. The molecule has 2 aliphatic heterocycles. The first-order valence-corrected chi connectivity index (χ1v) is 7.05. The van der Waals surface area contributed by atoms with Crippen molar-refractivity contribution in [2.45, 2.75) is 51.1 Å². The van der Waals surface area contributed by atoms with E-state index in [2.05, 4.69) is 22.5 Å². The van der Waals surface area contributed by atoms with Crippen molar-refractivity contribution >= 4 is 30.7 Å². The highest BCUT2D eigenvalue weighted by molar-refractivity contribution is 5.85. The van der Waals surface area contributed by atoms with Crippen LogP contribution < -0.4 is 10.6 Å². The molecule has 4 nitrogen and oxygen atoms in total. The molecule has 2 fully saturated rings. The molecule has 1 unspecified atom stereocenters. The SMILES string of the molecule is CCN1CCC(NC(=O)C2CCCCN2)CC1.Cl.Cl. The summed E-state index contributed by atoms with van der Waals surface area (Å²) in [7, 11) is 0. The Morgan fingerprint density at radius 2 is 1.89 bits per heavy atom. The molecule has 2 N–H and O–H groups in total. The Bertz CT molecular complexity index is 252. The highest BCUT2D eigenvalue weighted by Crippen LogP contribution is 2.12. The quantitative estimate of drug-likeness (QED) is 0.831. The number of amides is 1. The molecule has 114 valence electrons. The van der Waals surface area contributed by atoms with Crippen LogP contribution in [-0.2, 0) is 4.79 Å². The maximum Gasteiger partial charge on any atom is 0.237 e. The van der Waals surface area contributed by atoms with E-state index >= 15 is 0 Å². The van der Waals surface area contributed by atoms with Crippen molar-refractivity contribution in [3.8, 4) is 0 Å². The van der Waals surface area contributed by atoms with Gasteiger partial charge in [0.1, 0.15) is 0 Å². The molecule has 2 rings (SSSR count). The number of nitrogens with one attached hydrogen (secondary N) is 2. The summed E-state index contributed by atoms with van der Waals surface area (Å²) >= 11 is 0. The van der Waals surface area contributed by atoms with Crippen LogP contribution in [0.1, 0.15) is 39.0 Å². The second-order valence-corrected chi connectivity index (χ2v) is 5.22. The van der Waals surface area contributed by atoms with Crippen LogP contribution in [0.15, 0.2) is 0 Å². The zero-order chi connectivity index (χ0) is 12.1. The van der Waals surface area contributed by atoms with Crippen molar-refractivity contribution in [3.63, 3.8) is 0 Å². The molecule has 0 radical (unpaired) electrons. The van der Waals surface area contributed by atoms with Crippen LogP contribution in [0.3, 0.4) is 0 Å². The fourth-order valence-electron chi connectivity index (χ4n) is 2.77. The van der Waals surface area contributed by atoms with E-state index < -0.39 is 0 Å². The van der Waals surface area contributed by atoms with Crippen molar-refractivity contribution in [1.82, 2.24) is 15.5 Å². The lowest BCUT2D eigenvalue weighted by atomic mass is 10.0. The molecule has 6 heteroatoms. The average Bonchev–Trinajstić information content (AvgIpc) is 2.40.